The zero-order chi connectivity index (χ0) is 14.6. The molecule has 0 aliphatic carbocycles. The lowest BCUT2D eigenvalue weighted by molar-refractivity contribution is 0.0844. The molecule has 2 N–H and O–H groups in total. The van der Waals surface area contributed by atoms with E-state index in [9.17, 15) is 0 Å². The fourth-order valence-electron chi connectivity index (χ4n) is 2.75. The maximum atomic E-state index is 6.55. The molecule has 0 amide bonds. The van der Waals surface area contributed by atoms with Gasteiger partial charge in [0.1, 0.15) is 0 Å². The summed E-state index contributed by atoms with van der Waals surface area (Å²) in [5.41, 5.74) is 8.73. The molecular weight excluding hydrogens is 256 g/mol. The van der Waals surface area contributed by atoms with Crippen LogP contribution in [0.2, 0.25) is 5.02 Å². The van der Waals surface area contributed by atoms with Crippen molar-refractivity contribution >= 4 is 11.6 Å². The smallest absolute Gasteiger partial charge is 0.0479 e. The molecule has 0 fully saturated rings. The number of benzene rings is 1. The molecule has 0 radical (unpaired) electrons. The van der Waals surface area contributed by atoms with Gasteiger partial charge in [-0.1, -0.05) is 44.5 Å². The first kappa shape index (κ1) is 16.5. The fraction of sp³-hybridized carbons (Fsp3) is 0.625. The number of likely N-dealkylation sites (N-methyl/N-ethyl adjacent to an activating group) is 1. The Bertz CT molecular complexity index is 415. The largest absolute Gasteiger partial charge is 0.322 e. The number of nitrogens with two attached hydrogens (primary N) is 1. The Kier molecular flexibility index (Phi) is 5.84. The third-order valence-corrected chi connectivity index (χ3v) is 4.83. The van der Waals surface area contributed by atoms with Crippen molar-refractivity contribution in [3.05, 3.63) is 34.3 Å². The summed E-state index contributed by atoms with van der Waals surface area (Å²) in [6.45, 7) is 12.9. The van der Waals surface area contributed by atoms with Crippen LogP contribution in [0.3, 0.4) is 0 Å². The molecule has 0 saturated heterocycles. The van der Waals surface area contributed by atoms with Crippen LogP contribution >= 0.6 is 11.6 Å². The molecule has 0 bridgehead atoms. The second kappa shape index (κ2) is 6.74. The molecule has 2 atom stereocenters. The average molecular weight is 283 g/mol. The summed E-state index contributed by atoms with van der Waals surface area (Å²) in [6.07, 6.45) is 1.02. The maximum absolute atomic E-state index is 6.55. The molecule has 0 saturated carbocycles. The van der Waals surface area contributed by atoms with Gasteiger partial charge in [-0.3, -0.25) is 4.90 Å². The molecule has 0 aliphatic heterocycles. The Morgan fingerprint density at radius 2 is 1.84 bits per heavy atom. The molecule has 1 rings (SSSR count). The minimum atomic E-state index is -0.0396. The Morgan fingerprint density at radius 1 is 1.26 bits per heavy atom. The van der Waals surface area contributed by atoms with Crippen molar-refractivity contribution in [2.45, 2.75) is 52.6 Å². The van der Waals surface area contributed by atoms with E-state index in [1.807, 2.05) is 13.0 Å². The van der Waals surface area contributed by atoms with Crippen LogP contribution in [-0.2, 0) is 0 Å². The van der Waals surface area contributed by atoms with Crippen molar-refractivity contribution in [2.75, 3.05) is 13.1 Å². The number of hydrogen-bond donors (Lipinski definition) is 1. The highest BCUT2D eigenvalue weighted by Gasteiger charge is 2.35. The summed E-state index contributed by atoms with van der Waals surface area (Å²) in [6, 6.07) is 6.13. The van der Waals surface area contributed by atoms with Crippen molar-refractivity contribution in [2.24, 2.45) is 5.73 Å². The van der Waals surface area contributed by atoms with Crippen molar-refractivity contribution in [1.29, 1.82) is 0 Å². The van der Waals surface area contributed by atoms with Gasteiger partial charge < -0.3 is 5.73 Å². The lowest BCUT2D eigenvalue weighted by Crippen LogP contribution is -2.52. The van der Waals surface area contributed by atoms with Crippen LogP contribution in [0.1, 0.15) is 51.3 Å². The van der Waals surface area contributed by atoms with Gasteiger partial charge in [0.25, 0.3) is 0 Å². The molecule has 2 nitrogen and oxygen atoms in total. The normalized spacial score (nSPS) is 16.4. The van der Waals surface area contributed by atoms with E-state index in [-0.39, 0.29) is 11.6 Å². The summed E-state index contributed by atoms with van der Waals surface area (Å²) < 4.78 is 0. The van der Waals surface area contributed by atoms with Crippen molar-refractivity contribution < 1.29 is 0 Å². The van der Waals surface area contributed by atoms with Crippen LogP contribution in [-0.4, -0.2) is 23.5 Å². The first-order chi connectivity index (χ1) is 8.90. The lowest BCUT2D eigenvalue weighted by atomic mass is 9.83. The summed E-state index contributed by atoms with van der Waals surface area (Å²) in [7, 11) is 0. The molecule has 2 unspecified atom stereocenters. The lowest BCUT2D eigenvalue weighted by Gasteiger charge is -2.44. The van der Waals surface area contributed by atoms with E-state index in [0.29, 0.717) is 0 Å². The van der Waals surface area contributed by atoms with E-state index < -0.39 is 0 Å². The van der Waals surface area contributed by atoms with Gasteiger partial charge in [-0.2, -0.15) is 0 Å². The molecular formula is C16H27ClN2. The monoisotopic (exact) mass is 282 g/mol. The zero-order valence-electron chi connectivity index (χ0n) is 12.8. The molecule has 0 aromatic heterocycles. The summed E-state index contributed by atoms with van der Waals surface area (Å²) >= 11 is 6.23. The van der Waals surface area contributed by atoms with Gasteiger partial charge in [0, 0.05) is 16.6 Å². The summed E-state index contributed by atoms with van der Waals surface area (Å²) in [4.78, 5) is 2.44. The van der Waals surface area contributed by atoms with Gasteiger partial charge in [-0.25, -0.2) is 0 Å². The molecule has 108 valence electrons. The third kappa shape index (κ3) is 3.31. The second-order valence-corrected chi connectivity index (χ2v) is 5.78. The van der Waals surface area contributed by atoms with Crippen LogP contribution in [0.5, 0.6) is 0 Å². The van der Waals surface area contributed by atoms with E-state index in [2.05, 4.69) is 44.7 Å². The van der Waals surface area contributed by atoms with Crippen molar-refractivity contribution in [1.82, 2.24) is 4.90 Å². The topological polar surface area (TPSA) is 29.3 Å². The number of aryl methyl sites for hydroxylation is 1. The van der Waals surface area contributed by atoms with E-state index in [1.54, 1.807) is 0 Å². The Balaban J connectivity index is 3.13. The highest BCUT2D eigenvalue weighted by Crippen LogP contribution is 2.33. The third-order valence-electron chi connectivity index (χ3n) is 4.43. The second-order valence-electron chi connectivity index (χ2n) is 5.37. The van der Waals surface area contributed by atoms with Crippen LogP contribution in [0.25, 0.3) is 0 Å². The summed E-state index contributed by atoms with van der Waals surface area (Å²) in [5, 5.41) is 0.797. The van der Waals surface area contributed by atoms with Crippen LogP contribution in [0, 0.1) is 6.92 Å². The number of rotatable bonds is 6. The number of halogens is 1. The van der Waals surface area contributed by atoms with Gasteiger partial charge in [0.05, 0.1) is 0 Å². The van der Waals surface area contributed by atoms with Crippen molar-refractivity contribution in [3.63, 3.8) is 0 Å². The molecule has 0 heterocycles. The molecule has 0 aliphatic rings. The maximum Gasteiger partial charge on any atom is 0.0479 e. The number of nitrogens with zero attached hydrogens (tertiary/aromatic N) is 1. The minimum absolute atomic E-state index is 0.0319. The molecule has 0 spiro atoms. The average Bonchev–Trinajstić information content (AvgIpc) is 2.42. The van der Waals surface area contributed by atoms with Crippen LogP contribution < -0.4 is 5.73 Å². The van der Waals surface area contributed by atoms with Gasteiger partial charge in [-0.15, -0.1) is 0 Å². The van der Waals surface area contributed by atoms with E-state index in [0.717, 1.165) is 35.7 Å². The predicted molar refractivity (Wildman–Crippen MR) is 84.7 cm³/mol. The molecule has 1 aromatic rings. The first-order valence-electron chi connectivity index (χ1n) is 7.17. The standard InChI is InChI=1S/C16H27ClN2/c1-6-16(5,19(7-2)8-3)15(18)13-10-9-12(4)14(17)11-13/h9-11,15H,6-8,18H2,1-5H3. The van der Waals surface area contributed by atoms with E-state index in [1.165, 1.54) is 0 Å². The quantitative estimate of drug-likeness (QED) is 0.849. The Hall–Kier alpha value is -0.570. The van der Waals surface area contributed by atoms with Gasteiger partial charge in [0.15, 0.2) is 0 Å². The van der Waals surface area contributed by atoms with Crippen LogP contribution in [0.4, 0.5) is 0 Å². The molecule has 3 heteroatoms. The number of hydrogen-bond acceptors (Lipinski definition) is 2. The van der Waals surface area contributed by atoms with E-state index >= 15 is 0 Å². The first-order valence-corrected chi connectivity index (χ1v) is 7.55. The highest BCUT2D eigenvalue weighted by molar-refractivity contribution is 6.31. The van der Waals surface area contributed by atoms with Crippen molar-refractivity contribution in [3.8, 4) is 0 Å². The minimum Gasteiger partial charge on any atom is -0.322 e. The Morgan fingerprint density at radius 3 is 2.26 bits per heavy atom. The fourth-order valence-corrected chi connectivity index (χ4v) is 2.94. The van der Waals surface area contributed by atoms with Gasteiger partial charge in [0.2, 0.25) is 0 Å². The van der Waals surface area contributed by atoms with Gasteiger partial charge >= 0.3 is 0 Å². The Labute approximate surface area is 122 Å². The SMILES string of the molecule is CCN(CC)C(C)(CC)C(N)c1ccc(C)c(Cl)c1. The van der Waals surface area contributed by atoms with Crippen LogP contribution in [0.15, 0.2) is 18.2 Å². The van der Waals surface area contributed by atoms with Gasteiger partial charge in [-0.05, 0) is 50.6 Å². The van der Waals surface area contributed by atoms with E-state index in [4.69, 9.17) is 17.3 Å². The predicted octanol–water partition coefficient (Wildman–Crippen LogP) is 4.16. The highest BCUT2D eigenvalue weighted by atomic mass is 35.5. The zero-order valence-corrected chi connectivity index (χ0v) is 13.6. The molecule has 1 aromatic carbocycles. The molecule has 19 heavy (non-hydrogen) atoms. The summed E-state index contributed by atoms with van der Waals surface area (Å²) in [5.74, 6) is 0.